The Hall–Kier alpha value is -6.84. The van der Waals surface area contributed by atoms with Crippen molar-refractivity contribution in [3.63, 3.8) is 0 Å². The van der Waals surface area contributed by atoms with E-state index in [0.29, 0.717) is 27.8 Å². The number of pyridine rings is 1. The van der Waals surface area contributed by atoms with E-state index in [2.05, 4.69) is 36.2 Å². The van der Waals surface area contributed by atoms with Crippen LogP contribution in [-0.4, -0.2) is 119 Å². The lowest BCUT2D eigenvalue weighted by molar-refractivity contribution is -0.144. The first kappa shape index (κ1) is 54.4. The molecular weight excluding hydrogens is 997 g/mol. The van der Waals surface area contributed by atoms with Crippen molar-refractivity contribution in [1.82, 2.24) is 30.5 Å². The summed E-state index contributed by atoms with van der Waals surface area (Å²) in [5.74, 6) is -1.25. The number of aromatic nitrogens is 3. The summed E-state index contributed by atoms with van der Waals surface area (Å²) in [6, 6.07) is 20.4. The van der Waals surface area contributed by atoms with Crippen LogP contribution in [0.2, 0.25) is 0 Å². The maximum absolute atomic E-state index is 14.0. The van der Waals surface area contributed by atoms with Crippen LogP contribution in [0, 0.1) is 19.3 Å². The molecule has 3 aromatic carbocycles. The molecule has 6 aromatic rings. The number of aliphatic hydroxyl groups is 1. The first-order valence-corrected chi connectivity index (χ1v) is 26.9. The Morgan fingerprint density at radius 1 is 0.840 bits per heavy atom. The summed E-state index contributed by atoms with van der Waals surface area (Å²) in [4.78, 5) is 82.4. The predicted octanol–water partition coefficient (Wildman–Crippen LogP) is 8.45. The molecule has 1 aliphatic heterocycles. The summed E-state index contributed by atoms with van der Waals surface area (Å²) in [7, 11) is 0. The number of ether oxygens (including phenoxy) is 4. The van der Waals surface area contributed by atoms with Crippen molar-refractivity contribution in [1.29, 1.82) is 0 Å². The van der Waals surface area contributed by atoms with Crippen LogP contribution in [0.5, 0.6) is 5.75 Å². The van der Waals surface area contributed by atoms with Crippen molar-refractivity contribution in [3.8, 4) is 27.3 Å². The molecule has 396 valence electrons. The van der Waals surface area contributed by atoms with E-state index in [4.69, 9.17) is 18.9 Å². The molecule has 20 heteroatoms. The number of likely N-dealkylation sites (tertiary alicyclic amines) is 1. The highest BCUT2D eigenvalue weighted by Crippen LogP contribution is 2.33. The molecule has 4 heterocycles. The molecule has 8 rings (SSSR count). The highest BCUT2D eigenvalue weighted by molar-refractivity contribution is 7.22. The van der Waals surface area contributed by atoms with Gasteiger partial charge in [-0.25, -0.2) is 14.8 Å². The minimum Gasteiger partial charge on any atom is -0.491 e. The van der Waals surface area contributed by atoms with Crippen molar-refractivity contribution < 1.29 is 48.0 Å². The normalized spacial score (nSPS) is 16.3. The fourth-order valence-electron chi connectivity index (χ4n) is 8.93. The Bertz CT molecular complexity index is 2970. The molecule has 5 N–H and O–H groups in total. The van der Waals surface area contributed by atoms with Gasteiger partial charge in [0, 0.05) is 36.8 Å². The standard InChI is InChI=1S/C55H64N8O10S2/c1-33-44(60-54(69)73-41-11-7-6-8-12-41)25-39(29-56-33)37-18-19-43-46(26-37)75-53(59-43)62-50(66)38-10-9-13-42(24-38)72-23-22-70-20-21-71-31-47(65)61-49(55(3,4)5)52(68)63-30-40(64)27-45(63)51(67)57-28-35-14-16-36(17-15-35)48-34(2)58-32-74-48/h9-10,13-19,24-26,29,32,40-41,45,49,64H,6-8,11-12,20-23,27-28,30-31H2,1-5H3,(H,57,67)(H,60,69)(H,61,65)(H,59,62,66)/t40-,45+,49-/m1/s1. The van der Waals surface area contributed by atoms with Gasteiger partial charge in [0.2, 0.25) is 17.7 Å². The second-order valence-corrected chi connectivity index (χ2v) is 21.7. The van der Waals surface area contributed by atoms with Gasteiger partial charge in [0.25, 0.3) is 5.91 Å². The Kier molecular flexibility index (Phi) is 18.2. The number of carbonyl (C=O) groups excluding carboxylic acids is 5. The van der Waals surface area contributed by atoms with Crippen LogP contribution in [0.25, 0.3) is 31.8 Å². The molecule has 3 aromatic heterocycles. The number of hydrogen-bond acceptors (Lipinski definition) is 15. The van der Waals surface area contributed by atoms with Gasteiger partial charge in [-0.3, -0.25) is 34.8 Å². The minimum absolute atomic E-state index is 0.0361. The van der Waals surface area contributed by atoms with Gasteiger partial charge in [0.1, 0.15) is 37.2 Å². The number of nitrogens with one attached hydrogen (secondary N) is 4. The quantitative estimate of drug-likeness (QED) is 0.0452. The van der Waals surface area contributed by atoms with E-state index >= 15 is 0 Å². The molecule has 3 atom stereocenters. The first-order valence-electron chi connectivity index (χ1n) is 25.2. The van der Waals surface area contributed by atoms with E-state index in [9.17, 15) is 29.1 Å². The van der Waals surface area contributed by atoms with Crippen LogP contribution in [0.4, 0.5) is 15.6 Å². The number of fused-ring (bicyclic) bond motifs is 1. The molecule has 0 spiro atoms. The van der Waals surface area contributed by atoms with E-state index in [-0.39, 0.29) is 70.5 Å². The van der Waals surface area contributed by atoms with E-state index in [1.54, 1.807) is 47.3 Å². The van der Waals surface area contributed by atoms with E-state index in [0.717, 1.165) is 68.7 Å². The average Bonchev–Trinajstić information content (AvgIpc) is 4.13. The first-order chi connectivity index (χ1) is 36.1. The second-order valence-electron chi connectivity index (χ2n) is 19.8. The summed E-state index contributed by atoms with van der Waals surface area (Å²) < 4.78 is 23.6. The van der Waals surface area contributed by atoms with Gasteiger partial charge in [-0.2, -0.15) is 0 Å². The number of benzene rings is 3. The average molecular weight is 1060 g/mol. The molecule has 2 aliphatic rings. The Balaban J connectivity index is 0.739. The van der Waals surface area contributed by atoms with Gasteiger partial charge < -0.3 is 39.6 Å². The van der Waals surface area contributed by atoms with Crippen molar-refractivity contribution in [3.05, 3.63) is 107 Å². The van der Waals surface area contributed by atoms with Crippen molar-refractivity contribution in [2.45, 2.75) is 104 Å². The molecular formula is C55H64N8O10S2. The third kappa shape index (κ3) is 14.7. The van der Waals surface area contributed by atoms with Gasteiger partial charge in [-0.1, -0.05) is 74.9 Å². The minimum atomic E-state index is -0.996. The highest BCUT2D eigenvalue weighted by Gasteiger charge is 2.44. The SMILES string of the molecule is Cc1ncc(-c2ccc3nc(NC(=O)c4cccc(OCCOCCOCC(=O)N[C@H](C(=O)N5C[C@H](O)C[C@H]5C(=O)NCc5ccc(-c6scnc6C)cc5)C(C)(C)C)c4)sc3c2)cc1NC(=O)OC1CCCCC1. The fourth-order valence-corrected chi connectivity index (χ4v) is 10.6. The summed E-state index contributed by atoms with van der Waals surface area (Å²) in [6.45, 7) is 9.77. The van der Waals surface area contributed by atoms with E-state index < -0.39 is 41.5 Å². The lowest BCUT2D eigenvalue weighted by Crippen LogP contribution is -2.58. The van der Waals surface area contributed by atoms with Crippen LogP contribution in [-0.2, 0) is 35.1 Å². The number of carbonyl (C=O) groups is 5. The molecule has 18 nitrogen and oxygen atoms in total. The maximum atomic E-state index is 14.0. The van der Waals surface area contributed by atoms with Gasteiger partial charge >= 0.3 is 6.09 Å². The molecule has 1 saturated carbocycles. The molecule has 2 fully saturated rings. The molecule has 5 amide bonds. The Morgan fingerprint density at radius 3 is 2.36 bits per heavy atom. The highest BCUT2D eigenvalue weighted by atomic mass is 32.1. The molecule has 1 saturated heterocycles. The number of aliphatic hydroxyl groups excluding tert-OH is 1. The zero-order chi connectivity index (χ0) is 53.1. The van der Waals surface area contributed by atoms with Gasteiger partial charge in [-0.05, 0) is 98.0 Å². The molecule has 1 aliphatic carbocycles. The number of aryl methyl sites for hydroxylation is 2. The van der Waals surface area contributed by atoms with Crippen LogP contribution in [0.3, 0.4) is 0 Å². The lowest BCUT2D eigenvalue weighted by Gasteiger charge is -2.35. The van der Waals surface area contributed by atoms with Crippen molar-refractivity contribution in [2.75, 3.05) is 50.2 Å². The maximum Gasteiger partial charge on any atom is 0.411 e. The summed E-state index contributed by atoms with van der Waals surface area (Å²) in [5, 5.41) is 22.5. The van der Waals surface area contributed by atoms with Gasteiger partial charge in [0.15, 0.2) is 5.13 Å². The third-order valence-electron chi connectivity index (χ3n) is 13.0. The number of anilines is 2. The molecule has 0 unspecified atom stereocenters. The number of nitrogens with zero attached hydrogens (tertiary/aromatic N) is 4. The zero-order valence-electron chi connectivity index (χ0n) is 42.8. The number of amides is 5. The summed E-state index contributed by atoms with van der Waals surface area (Å²) in [5.41, 5.74) is 7.99. The van der Waals surface area contributed by atoms with E-state index in [1.807, 2.05) is 83.1 Å². The molecule has 0 bridgehead atoms. The molecule has 75 heavy (non-hydrogen) atoms. The lowest BCUT2D eigenvalue weighted by atomic mass is 9.85. The summed E-state index contributed by atoms with van der Waals surface area (Å²) >= 11 is 2.90. The van der Waals surface area contributed by atoms with Gasteiger partial charge in [-0.15, -0.1) is 11.3 Å². The van der Waals surface area contributed by atoms with Gasteiger partial charge in [0.05, 0.1) is 63.6 Å². The fraction of sp³-hybridized carbons (Fsp3) is 0.418. The van der Waals surface area contributed by atoms with Crippen LogP contribution >= 0.6 is 22.7 Å². The van der Waals surface area contributed by atoms with Crippen LogP contribution in [0.1, 0.15) is 86.6 Å². The number of thiazole rings is 2. The van der Waals surface area contributed by atoms with Crippen molar-refractivity contribution in [2.24, 2.45) is 5.41 Å². The smallest absolute Gasteiger partial charge is 0.411 e. The van der Waals surface area contributed by atoms with Crippen LogP contribution < -0.4 is 26.0 Å². The predicted molar refractivity (Wildman–Crippen MR) is 288 cm³/mol. The number of hydrogen-bond donors (Lipinski definition) is 5. The largest absolute Gasteiger partial charge is 0.491 e. The second kappa shape index (κ2) is 25.1. The van der Waals surface area contributed by atoms with Crippen molar-refractivity contribution >= 4 is 73.4 Å². The molecule has 0 radical (unpaired) electrons. The van der Waals surface area contributed by atoms with Crippen LogP contribution in [0.15, 0.2) is 84.5 Å². The third-order valence-corrected chi connectivity index (χ3v) is 14.9. The number of β-amino-alcohol motifs (C(OH)–C–C–N with tert-alkyl or cyclic N) is 1. The topological polar surface area (TPSA) is 233 Å². The Labute approximate surface area is 444 Å². The summed E-state index contributed by atoms with van der Waals surface area (Å²) in [6.07, 6.45) is 5.47. The number of rotatable bonds is 20. The Morgan fingerprint density at radius 2 is 1.60 bits per heavy atom. The zero-order valence-corrected chi connectivity index (χ0v) is 44.4. The van der Waals surface area contributed by atoms with E-state index in [1.165, 1.54) is 22.7 Å². The monoisotopic (exact) mass is 1060 g/mol.